The van der Waals surface area contributed by atoms with Crippen LogP contribution in [-0.2, 0) is 18.5 Å². The van der Waals surface area contributed by atoms with Crippen molar-refractivity contribution in [2.45, 2.75) is 45.4 Å². The molecule has 0 aliphatic carbocycles. The third-order valence-electron chi connectivity index (χ3n) is 5.70. The Hall–Kier alpha value is -3.02. The molecule has 5 nitrogen and oxygen atoms in total. The number of anilines is 1. The molecular weight excluding hydrogens is 424 g/mol. The van der Waals surface area contributed by atoms with E-state index in [1.54, 1.807) is 7.11 Å². The van der Waals surface area contributed by atoms with Crippen LogP contribution in [0.4, 0.5) is 5.69 Å². The lowest BCUT2D eigenvalue weighted by molar-refractivity contribution is 0.117. The van der Waals surface area contributed by atoms with Crippen LogP contribution < -0.4 is 14.8 Å². The summed E-state index contributed by atoms with van der Waals surface area (Å²) in [5, 5.41) is 13.5. The first-order chi connectivity index (χ1) is 16.2. The van der Waals surface area contributed by atoms with Crippen molar-refractivity contribution in [1.82, 2.24) is 4.90 Å². The predicted molar refractivity (Wildman–Crippen MR) is 140 cm³/mol. The van der Waals surface area contributed by atoms with Crippen molar-refractivity contribution in [3.63, 3.8) is 0 Å². The van der Waals surface area contributed by atoms with E-state index in [0.29, 0.717) is 6.54 Å². The van der Waals surface area contributed by atoms with Gasteiger partial charge in [0.1, 0.15) is 24.2 Å². The standard InChI is InChI=1S/C29H38N2O3/c1-29(2,3)24-11-9-22(10-12-24)19-31(4)20-23-7-6-8-28(17-23)34-21-26(32)18-30-25-13-15-27(33-5)16-14-25/h6-17,26,30,32H,18-21H2,1-5H3. The summed E-state index contributed by atoms with van der Waals surface area (Å²) in [6.07, 6.45) is -0.621. The summed E-state index contributed by atoms with van der Waals surface area (Å²) in [5.41, 5.74) is 4.93. The van der Waals surface area contributed by atoms with Gasteiger partial charge in [-0.15, -0.1) is 0 Å². The first-order valence-electron chi connectivity index (χ1n) is 11.8. The van der Waals surface area contributed by atoms with E-state index in [-0.39, 0.29) is 12.0 Å². The van der Waals surface area contributed by atoms with Gasteiger partial charge in [-0.3, -0.25) is 4.90 Å². The van der Waals surface area contributed by atoms with Crippen molar-refractivity contribution >= 4 is 5.69 Å². The molecule has 2 N–H and O–H groups in total. The topological polar surface area (TPSA) is 54.0 Å². The van der Waals surface area contributed by atoms with Crippen LogP contribution in [0.25, 0.3) is 0 Å². The minimum Gasteiger partial charge on any atom is -0.497 e. The van der Waals surface area contributed by atoms with Gasteiger partial charge >= 0.3 is 0 Å². The van der Waals surface area contributed by atoms with Crippen LogP contribution in [0.2, 0.25) is 0 Å². The molecule has 0 bridgehead atoms. The Morgan fingerprint density at radius 2 is 1.56 bits per heavy atom. The highest BCUT2D eigenvalue weighted by Crippen LogP contribution is 2.23. The smallest absolute Gasteiger partial charge is 0.119 e. The van der Waals surface area contributed by atoms with E-state index in [2.05, 4.69) is 68.4 Å². The number of nitrogens with one attached hydrogen (secondary N) is 1. The van der Waals surface area contributed by atoms with Crippen LogP contribution in [0.5, 0.6) is 11.5 Å². The summed E-state index contributed by atoms with van der Waals surface area (Å²) in [5.74, 6) is 1.57. The molecule has 0 aliphatic heterocycles. The number of ether oxygens (including phenoxy) is 2. The van der Waals surface area contributed by atoms with Gasteiger partial charge in [0.15, 0.2) is 0 Å². The van der Waals surface area contributed by atoms with E-state index in [4.69, 9.17) is 9.47 Å². The average molecular weight is 463 g/mol. The van der Waals surface area contributed by atoms with Crippen molar-refractivity contribution in [2.24, 2.45) is 0 Å². The lowest BCUT2D eigenvalue weighted by atomic mass is 9.87. The van der Waals surface area contributed by atoms with Crippen LogP contribution in [-0.4, -0.2) is 43.4 Å². The van der Waals surface area contributed by atoms with Gasteiger partial charge in [0.2, 0.25) is 0 Å². The van der Waals surface area contributed by atoms with Gasteiger partial charge in [-0.25, -0.2) is 0 Å². The maximum atomic E-state index is 10.3. The normalized spacial score (nSPS) is 12.4. The SMILES string of the molecule is COc1ccc(NCC(O)COc2cccc(CN(C)Cc3ccc(C(C)(C)C)cc3)c2)cc1. The second kappa shape index (κ2) is 11.9. The van der Waals surface area contributed by atoms with Crippen molar-refractivity contribution < 1.29 is 14.6 Å². The first-order valence-corrected chi connectivity index (χ1v) is 11.8. The first kappa shape index (κ1) is 25.6. The Balaban J connectivity index is 1.45. The molecule has 1 atom stereocenters. The molecule has 0 spiro atoms. The summed E-state index contributed by atoms with van der Waals surface area (Å²) in [7, 11) is 3.77. The molecule has 3 aromatic carbocycles. The second-order valence-electron chi connectivity index (χ2n) is 9.84. The van der Waals surface area contributed by atoms with E-state index in [9.17, 15) is 5.11 Å². The maximum absolute atomic E-state index is 10.3. The van der Waals surface area contributed by atoms with Crippen LogP contribution in [0.1, 0.15) is 37.5 Å². The monoisotopic (exact) mass is 462 g/mol. The molecule has 0 radical (unpaired) electrons. The van der Waals surface area contributed by atoms with Gasteiger partial charge in [-0.05, 0) is 65.6 Å². The van der Waals surface area contributed by atoms with Crippen LogP contribution in [0.3, 0.4) is 0 Å². The summed E-state index contributed by atoms with van der Waals surface area (Å²) in [6, 6.07) is 24.6. The number of aliphatic hydroxyl groups is 1. The molecule has 182 valence electrons. The molecule has 0 heterocycles. The highest BCUT2D eigenvalue weighted by Gasteiger charge is 2.13. The van der Waals surface area contributed by atoms with Crippen LogP contribution >= 0.6 is 0 Å². The summed E-state index contributed by atoms with van der Waals surface area (Å²) < 4.78 is 11.0. The molecule has 0 fully saturated rings. The van der Waals surface area contributed by atoms with E-state index >= 15 is 0 Å². The van der Waals surface area contributed by atoms with E-state index in [1.165, 1.54) is 16.7 Å². The number of methoxy groups -OCH3 is 1. The molecule has 5 heteroatoms. The Kier molecular flexibility index (Phi) is 8.97. The van der Waals surface area contributed by atoms with E-state index in [1.807, 2.05) is 42.5 Å². The number of rotatable bonds is 11. The fourth-order valence-corrected chi connectivity index (χ4v) is 3.72. The van der Waals surface area contributed by atoms with Gasteiger partial charge in [0.05, 0.1) is 7.11 Å². The zero-order chi connectivity index (χ0) is 24.6. The zero-order valence-electron chi connectivity index (χ0n) is 21.0. The molecule has 0 aliphatic rings. The molecular formula is C29H38N2O3. The molecule has 0 saturated heterocycles. The minimum atomic E-state index is -0.621. The van der Waals surface area contributed by atoms with Crippen molar-refractivity contribution in [2.75, 3.05) is 32.6 Å². The van der Waals surface area contributed by atoms with Gasteiger partial charge < -0.3 is 19.9 Å². The van der Waals surface area contributed by atoms with Gasteiger partial charge in [-0.2, -0.15) is 0 Å². The third kappa shape index (κ3) is 8.08. The van der Waals surface area contributed by atoms with E-state index in [0.717, 1.165) is 30.3 Å². The number of aliphatic hydroxyl groups excluding tert-OH is 1. The lowest BCUT2D eigenvalue weighted by Gasteiger charge is -2.21. The van der Waals surface area contributed by atoms with Crippen molar-refractivity contribution in [3.05, 3.63) is 89.5 Å². The number of nitrogens with zero attached hydrogens (tertiary/aromatic N) is 1. The van der Waals surface area contributed by atoms with E-state index < -0.39 is 6.10 Å². The number of hydrogen-bond donors (Lipinski definition) is 2. The van der Waals surface area contributed by atoms with Gasteiger partial charge in [-0.1, -0.05) is 57.2 Å². The summed E-state index contributed by atoms with van der Waals surface area (Å²) in [6.45, 7) is 9.04. The molecule has 3 rings (SSSR count). The zero-order valence-corrected chi connectivity index (χ0v) is 21.0. The molecule has 0 aromatic heterocycles. The molecule has 1 unspecified atom stereocenters. The van der Waals surface area contributed by atoms with Crippen LogP contribution in [0.15, 0.2) is 72.8 Å². The summed E-state index contributed by atoms with van der Waals surface area (Å²) >= 11 is 0. The molecule has 34 heavy (non-hydrogen) atoms. The largest absolute Gasteiger partial charge is 0.497 e. The number of benzene rings is 3. The second-order valence-corrected chi connectivity index (χ2v) is 9.84. The Labute approximate surface area is 204 Å². The molecule has 0 saturated carbocycles. The number of hydrogen-bond acceptors (Lipinski definition) is 5. The maximum Gasteiger partial charge on any atom is 0.119 e. The Bertz CT molecular complexity index is 1010. The summed E-state index contributed by atoms with van der Waals surface area (Å²) in [4.78, 5) is 2.29. The van der Waals surface area contributed by atoms with Crippen LogP contribution in [0, 0.1) is 0 Å². The highest BCUT2D eigenvalue weighted by atomic mass is 16.5. The average Bonchev–Trinajstić information content (AvgIpc) is 2.81. The Morgan fingerprint density at radius 3 is 2.21 bits per heavy atom. The van der Waals surface area contributed by atoms with Gasteiger partial charge in [0, 0.05) is 25.3 Å². The molecule has 0 amide bonds. The lowest BCUT2D eigenvalue weighted by Crippen LogP contribution is -2.26. The predicted octanol–water partition coefficient (Wildman–Crippen LogP) is 5.48. The molecule has 3 aromatic rings. The Morgan fingerprint density at radius 1 is 0.882 bits per heavy atom. The van der Waals surface area contributed by atoms with Crippen molar-refractivity contribution in [1.29, 1.82) is 0 Å². The fourth-order valence-electron chi connectivity index (χ4n) is 3.72. The minimum absolute atomic E-state index is 0.171. The van der Waals surface area contributed by atoms with Gasteiger partial charge in [0.25, 0.3) is 0 Å². The third-order valence-corrected chi connectivity index (χ3v) is 5.70. The highest BCUT2D eigenvalue weighted by molar-refractivity contribution is 5.46. The quantitative estimate of drug-likeness (QED) is 0.395. The fraction of sp³-hybridized carbons (Fsp3) is 0.379. The van der Waals surface area contributed by atoms with Crippen molar-refractivity contribution in [3.8, 4) is 11.5 Å².